The lowest BCUT2D eigenvalue weighted by atomic mass is 9.71. The lowest BCUT2D eigenvalue weighted by Crippen LogP contribution is -2.52. The van der Waals surface area contributed by atoms with Crippen molar-refractivity contribution in [1.29, 1.82) is 0 Å². The molecule has 1 spiro atoms. The zero-order chi connectivity index (χ0) is 15.0. The molecule has 0 aromatic heterocycles. The van der Waals surface area contributed by atoms with Crippen LogP contribution in [0.2, 0.25) is 0 Å². The Morgan fingerprint density at radius 1 is 1.19 bits per heavy atom. The molecule has 1 aliphatic carbocycles. The number of nitrogens with zero attached hydrogens (tertiary/aromatic N) is 1. The summed E-state index contributed by atoms with van der Waals surface area (Å²) in [5, 5.41) is 2.96. The first-order valence-electron chi connectivity index (χ1n) is 7.87. The van der Waals surface area contributed by atoms with Gasteiger partial charge in [0, 0.05) is 13.0 Å². The molecule has 2 aliphatic heterocycles. The maximum Gasteiger partial charge on any atom is 0.325 e. The van der Waals surface area contributed by atoms with Crippen LogP contribution in [-0.2, 0) is 14.3 Å². The highest BCUT2D eigenvalue weighted by Crippen LogP contribution is 2.39. The zero-order valence-electron chi connectivity index (χ0n) is 12.8. The van der Waals surface area contributed by atoms with Crippen molar-refractivity contribution in [3.8, 4) is 0 Å². The van der Waals surface area contributed by atoms with Gasteiger partial charge in [0.1, 0.15) is 5.54 Å². The Hall–Kier alpha value is -1.14. The molecule has 2 saturated heterocycles. The quantitative estimate of drug-likeness (QED) is 0.801. The number of hydrogen-bond acceptors (Lipinski definition) is 4. The lowest BCUT2D eigenvalue weighted by molar-refractivity contribution is -0.134. The summed E-state index contributed by atoms with van der Waals surface area (Å²) in [7, 11) is 0. The van der Waals surface area contributed by atoms with Gasteiger partial charge in [0.25, 0.3) is 5.91 Å². The molecule has 6 heteroatoms. The normalized spacial score (nSPS) is 37.5. The van der Waals surface area contributed by atoms with E-state index in [1.54, 1.807) is 0 Å². The van der Waals surface area contributed by atoms with Crippen LogP contribution < -0.4 is 5.32 Å². The summed E-state index contributed by atoms with van der Waals surface area (Å²) in [6.07, 6.45) is 2.87. The molecule has 1 N–H and O–H groups in total. The molecule has 3 fully saturated rings. The maximum absolute atomic E-state index is 12.7. The average molecular weight is 296 g/mol. The van der Waals surface area contributed by atoms with Crippen LogP contribution >= 0.6 is 0 Å². The van der Waals surface area contributed by atoms with E-state index in [4.69, 9.17) is 9.47 Å². The summed E-state index contributed by atoms with van der Waals surface area (Å²) in [6, 6.07) is -0.265. The fourth-order valence-corrected chi connectivity index (χ4v) is 4.09. The van der Waals surface area contributed by atoms with E-state index in [9.17, 15) is 9.59 Å². The number of urea groups is 1. The third-order valence-electron chi connectivity index (χ3n) is 4.72. The van der Waals surface area contributed by atoms with E-state index in [0.717, 1.165) is 19.3 Å². The highest BCUT2D eigenvalue weighted by atomic mass is 16.7. The summed E-state index contributed by atoms with van der Waals surface area (Å²) in [5.41, 5.74) is -0.675. The smallest absolute Gasteiger partial charge is 0.325 e. The van der Waals surface area contributed by atoms with Crippen molar-refractivity contribution in [2.24, 2.45) is 11.8 Å². The van der Waals surface area contributed by atoms with Gasteiger partial charge in [-0.15, -0.1) is 0 Å². The molecule has 2 heterocycles. The number of rotatable bonds is 3. The first-order valence-corrected chi connectivity index (χ1v) is 7.87. The molecular weight excluding hydrogens is 272 g/mol. The van der Waals surface area contributed by atoms with Crippen molar-refractivity contribution in [3.63, 3.8) is 0 Å². The van der Waals surface area contributed by atoms with Gasteiger partial charge in [-0.05, 0) is 31.1 Å². The van der Waals surface area contributed by atoms with E-state index in [-0.39, 0.29) is 18.2 Å². The minimum absolute atomic E-state index is 0.0658. The van der Waals surface area contributed by atoms with E-state index in [1.165, 1.54) is 4.90 Å². The van der Waals surface area contributed by atoms with Crippen molar-refractivity contribution in [1.82, 2.24) is 10.2 Å². The van der Waals surface area contributed by atoms with Gasteiger partial charge in [-0.25, -0.2) is 4.79 Å². The highest BCUT2D eigenvalue weighted by molar-refractivity contribution is 6.07. The standard InChI is InChI=1S/C15H24N2O4/c1-10-7-11(2)9-15(8-10)13(18)17(14(19)16-15)4-3-12-20-5-6-21-12/h10-12H,3-9H2,1-2H3,(H,16,19). The predicted molar refractivity (Wildman–Crippen MR) is 75.5 cm³/mol. The third-order valence-corrected chi connectivity index (χ3v) is 4.72. The fourth-order valence-electron chi connectivity index (χ4n) is 4.09. The lowest BCUT2D eigenvalue weighted by Gasteiger charge is -2.37. The molecule has 118 valence electrons. The summed E-state index contributed by atoms with van der Waals surface area (Å²) < 4.78 is 10.7. The Bertz CT molecular complexity index is 423. The average Bonchev–Trinajstić information content (AvgIpc) is 2.96. The van der Waals surface area contributed by atoms with E-state index >= 15 is 0 Å². The van der Waals surface area contributed by atoms with E-state index in [2.05, 4.69) is 19.2 Å². The van der Waals surface area contributed by atoms with Gasteiger partial charge in [-0.2, -0.15) is 0 Å². The van der Waals surface area contributed by atoms with E-state index in [0.29, 0.717) is 38.0 Å². The van der Waals surface area contributed by atoms with Crippen LogP contribution in [0.15, 0.2) is 0 Å². The van der Waals surface area contributed by atoms with Crippen LogP contribution in [0.5, 0.6) is 0 Å². The largest absolute Gasteiger partial charge is 0.350 e. The maximum atomic E-state index is 12.7. The fraction of sp³-hybridized carbons (Fsp3) is 0.867. The Morgan fingerprint density at radius 3 is 2.43 bits per heavy atom. The summed E-state index contributed by atoms with van der Waals surface area (Å²) in [4.78, 5) is 26.3. The zero-order valence-corrected chi connectivity index (χ0v) is 12.8. The van der Waals surface area contributed by atoms with Gasteiger partial charge in [-0.1, -0.05) is 13.8 Å². The number of hydrogen-bond donors (Lipinski definition) is 1. The topological polar surface area (TPSA) is 67.9 Å². The highest BCUT2D eigenvalue weighted by Gasteiger charge is 2.53. The van der Waals surface area contributed by atoms with Crippen molar-refractivity contribution >= 4 is 11.9 Å². The first-order chi connectivity index (χ1) is 10.00. The predicted octanol–water partition coefficient (Wildman–Crippen LogP) is 1.50. The molecule has 21 heavy (non-hydrogen) atoms. The van der Waals surface area contributed by atoms with Crippen LogP contribution in [0.3, 0.4) is 0 Å². The molecule has 6 nitrogen and oxygen atoms in total. The number of ether oxygens (including phenoxy) is 2. The minimum atomic E-state index is -0.675. The molecule has 0 bridgehead atoms. The molecule has 3 amide bonds. The van der Waals surface area contributed by atoms with Crippen LogP contribution in [-0.4, -0.2) is 48.4 Å². The van der Waals surface area contributed by atoms with Crippen LogP contribution in [0.25, 0.3) is 0 Å². The summed E-state index contributed by atoms with van der Waals surface area (Å²) in [5.74, 6) is 0.850. The van der Waals surface area contributed by atoms with Gasteiger partial charge in [0.15, 0.2) is 6.29 Å². The Labute approximate surface area is 125 Å². The molecular formula is C15H24N2O4. The second-order valence-electron chi connectivity index (χ2n) is 6.78. The Morgan fingerprint density at radius 2 is 1.81 bits per heavy atom. The molecule has 0 aromatic rings. The first kappa shape index (κ1) is 14.8. The van der Waals surface area contributed by atoms with Crippen LogP contribution in [0.1, 0.15) is 39.5 Å². The number of nitrogens with one attached hydrogen (secondary N) is 1. The van der Waals surface area contributed by atoms with Gasteiger partial charge in [0.2, 0.25) is 0 Å². The molecule has 3 rings (SSSR count). The second kappa shape index (κ2) is 5.57. The molecule has 3 aliphatic rings. The van der Waals surface area contributed by atoms with E-state index in [1.807, 2.05) is 0 Å². The Kier molecular flexibility index (Phi) is 3.92. The monoisotopic (exact) mass is 296 g/mol. The van der Waals surface area contributed by atoms with E-state index < -0.39 is 5.54 Å². The molecule has 1 saturated carbocycles. The van der Waals surface area contributed by atoms with Crippen LogP contribution in [0.4, 0.5) is 4.79 Å². The molecule has 2 unspecified atom stereocenters. The number of imide groups is 1. The third kappa shape index (κ3) is 2.79. The SMILES string of the molecule is CC1CC(C)CC2(C1)NC(=O)N(CCC1OCCO1)C2=O. The summed E-state index contributed by atoms with van der Waals surface area (Å²) >= 11 is 0. The van der Waals surface area contributed by atoms with Crippen molar-refractivity contribution in [3.05, 3.63) is 0 Å². The Balaban J connectivity index is 1.66. The van der Waals surface area contributed by atoms with Crippen molar-refractivity contribution in [2.75, 3.05) is 19.8 Å². The minimum Gasteiger partial charge on any atom is -0.350 e. The van der Waals surface area contributed by atoms with Gasteiger partial charge in [-0.3, -0.25) is 9.69 Å². The number of carbonyl (C=O) groups excluding carboxylic acids is 2. The van der Waals surface area contributed by atoms with Crippen LogP contribution in [0, 0.1) is 11.8 Å². The second-order valence-corrected chi connectivity index (χ2v) is 6.78. The van der Waals surface area contributed by atoms with Gasteiger partial charge < -0.3 is 14.8 Å². The molecule has 2 atom stereocenters. The van der Waals surface area contributed by atoms with Gasteiger partial charge >= 0.3 is 6.03 Å². The molecule has 0 radical (unpaired) electrons. The van der Waals surface area contributed by atoms with Gasteiger partial charge in [0.05, 0.1) is 13.2 Å². The summed E-state index contributed by atoms with van der Waals surface area (Å²) in [6.45, 7) is 5.84. The number of carbonyl (C=O) groups is 2. The number of amides is 3. The van der Waals surface area contributed by atoms with Crippen molar-refractivity contribution < 1.29 is 19.1 Å². The van der Waals surface area contributed by atoms with Crippen molar-refractivity contribution in [2.45, 2.75) is 51.4 Å². The molecule has 0 aromatic carbocycles.